The second kappa shape index (κ2) is 2.03. The highest BCUT2D eigenvalue weighted by Gasteiger charge is 2.36. The van der Waals surface area contributed by atoms with E-state index in [1.165, 1.54) is 28.1 Å². The maximum absolute atomic E-state index is 4.45. The Morgan fingerprint density at radius 1 is 1.21 bits per heavy atom. The fourth-order valence-corrected chi connectivity index (χ4v) is 2.65. The molecule has 0 aromatic carbocycles. The van der Waals surface area contributed by atoms with Gasteiger partial charge < -0.3 is 0 Å². The van der Waals surface area contributed by atoms with Crippen molar-refractivity contribution in [1.29, 1.82) is 0 Å². The summed E-state index contributed by atoms with van der Waals surface area (Å²) in [6, 6.07) is 6.48. The lowest BCUT2D eigenvalue weighted by Crippen LogP contribution is -2.32. The minimum absolute atomic E-state index is 1.01. The molecule has 2 aliphatic rings. The molecule has 0 N–H and O–H groups in total. The molecular weight excluding hydrogens is 172 g/mol. The highest BCUT2D eigenvalue weighted by atomic mass is 15.0. The highest BCUT2D eigenvalue weighted by molar-refractivity contribution is 5.74. The normalized spacial score (nSPS) is 14.6. The van der Waals surface area contributed by atoms with Crippen LogP contribution in [-0.2, 0) is 13.0 Å². The lowest BCUT2D eigenvalue weighted by atomic mass is 10.1. The van der Waals surface area contributed by atoms with Crippen LogP contribution in [0.25, 0.3) is 11.3 Å². The number of rotatable bonds is 0. The molecule has 0 saturated carbocycles. The number of pyridine rings is 2. The van der Waals surface area contributed by atoms with Crippen molar-refractivity contribution < 1.29 is 4.57 Å². The lowest BCUT2D eigenvalue weighted by Gasteiger charge is -1.96. The molecule has 0 amide bonds. The van der Waals surface area contributed by atoms with Gasteiger partial charge in [0.25, 0.3) is 0 Å². The van der Waals surface area contributed by atoms with Crippen LogP contribution in [0.3, 0.4) is 0 Å². The first-order valence-electron chi connectivity index (χ1n) is 4.92. The lowest BCUT2D eigenvalue weighted by molar-refractivity contribution is -0.672. The quantitative estimate of drug-likeness (QED) is 0.374. The summed E-state index contributed by atoms with van der Waals surface area (Å²) in [7, 11) is 0. The van der Waals surface area contributed by atoms with Crippen LogP contribution in [0.5, 0.6) is 0 Å². The van der Waals surface area contributed by atoms with Crippen LogP contribution < -0.4 is 4.57 Å². The van der Waals surface area contributed by atoms with E-state index in [0.717, 1.165) is 13.0 Å². The minimum Gasteiger partial charge on any atom is -0.260 e. The first-order chi connectivity index (χ1) is 6.93. The molecule has 0 unspecified atom stereocenters. The van der Waals surface area contributed by atoms with Gasteiger partial charge in [-0.1, -0.05) is 0 Å². The Kier molecular flexibility index (Phi) is 0.973. The van der Waals surface area contributed by atoms with Gasteiger partial charge in [0.05, 0.1) is 11.3 Å². The van der Waals surface area contributed by atoms with Gasteiger partial charge >= 0.3 is 0 Å². The van der Waals surface area contributed by atoms with E-state index in [4.69, 9.17) is 0 Å². The summed E-state index contributed by atoms with van der Waals surface area (Å²) in [6.45, 7) is 1.02. The zero-order valence-corrected chi connectivity index (χ0v) is 7.70. The van der Waals surface area contributed by atoms with Crippen molar-refractivity contribution in [2.45, 2.75) is 13.0 Å². The van der Waals surface area contributed by atoms with Gasteiger partial charge in [0.2, 0.25) is 5.69 Å². The van der Waals surface area contributed by atoms with E-state index in [2.05, 4.69) is 33.9 Å². The van der Waals surface area contributed by atoms with E-state index in [-0.39, 0.29) is 0 Å². The standard InChI is InChI=1S/C12H9N2/c1-2-8-6-10-11-9(3-4-13-10)7-14(5-1)12(8)11/h1-5H,6-7H2/q+1. The summed E-state index contributed by atoms with van der Waals surface area (Å²) >= 11 is 0. The molecule has 0 atom stereocenters. The first-order valence-corrected chi connectivity index (χ1v) is 4.92. The second-order valence-corrected chi connectivity index (χ2v) is 3.98. The van der Waals surface area contributed by atoms with Crippen molar-refractivity contribution >= 4 is 0 Å². The Bertz CT molecular complexity index is 466. The van der Waals surface area contributed by atoms with Gasteiger partial charge in [-0.05, 0) is 12.1 Å². The summed E-state index contributed by atoms with van der Waals surface area (Å²) in [6.07, 6.45) is 5.11. The Balaban J connectivity index is 2.22. The van der Waals surface area contributed by atoms with Crippen LogP contribution in [0.2, 0.25) is 0 Å². The summed E-state index contributed by atoms with van der Waals surface area (Å²) in [5.41, 5.74) is 6.93. The molecule has 2 nitrogen and oxygen atoms in total. The molecule has 4 rings (SSSR count). The Morgan fingerprint density at radius 3 is 3.21 bits per heavy atom. The smallest absolute Gasteiger partial charge is 0.218 e. The third kappa shape index (κ3) is 0.607. The number of aromatic nitrogens is 2. The summed E-state index contributed by atoms with van der Waals surface area (Å²) in [4.78, 5) is 4.45. The van der Waals surface area contributed by atoms with Crippen molar-refractivity contribution in [3.63, 3.8) is 0 Å². The van der Waals surface area contributed by atoms with Gasteiger partial charge in [-0.2, -0.15) is 4.57 Å². The Labute approximate surface area is 81.9 Å². The molecule has 0 spiro atoms. The van der Waals surface area contributed by atoms with Crippen LogP contribution in [0.4, 0.5) is 0 Å². The molecule has 1 aliphatic heterocycles. The van der Waals surface area contributed by atoms with Crippen molar-refractivity contribution in [3.8, 4) is 11.3 Å². The largest absolute Gasteiger partial charge is 0.260 e. The van der Waals surface area contributed by atoms with Crippen LogP contribution in [-0.4, -0.2) is 4.98 Å². The monoisotopic (exact) mass is 181 g/mol. The maximum Gasteiger partial charge on any atom is 0.218 e. The first kappa shape index (κ1) is 6.71. The molecule has 2 heteroatoms. The van der Waals surface area contributed by atoms with Crippen molar-refractivity contribution in [2.75, 3.05) is 0 Å². The van der Waals surface area contributed by atoms with E-state index >= 15 is 0 Å². The molecule has 2 aromatic heterocycles. The fraction of sp³-hybridized carbons (Fsp3) is 0.167. The van der Waals surface area contributed by atoms with Gasteiger partial charge in [-0.3, -0.25) is 4.98 Å². The highest BCUT2D eigenvalue weighted by Crippen LogP contribution is 2.38. The number of hydrogen-bond donors (Lipinski definition) is 0. The van der Waals surface area contributed by atoms with E-state index < -0.39 is 0 Å². The second-order valence-electron chi connectivity index (χ2n) is 3.98. The van der Waals surface area contributed by atoms with Crippen molar-refractivity contribution in [1.82, 2.24) is 4.98 Å². The van der Waals surface area contributed by atoms with Gasteiger partial charge in [0, 0.05) is 29.8 Å². The fourth-order valence-electron chi connectivity index (χ4n) is 2.65. The average Bonchev–Trinajstić information content (AvgIpc) is 2.74. The molecule has 14 heavy (non-hydrogen) atoms. The summed E-state index contributed by atoms with van der Waals surface area (Å²) < 4.78 is 2.33. The zero-order valence-electron chi connectivity index (χ0n) is 7.70. The Hall–Kier alpha value is -1.70. The predicted octanol–water partition coefficient (Wildman–Crippen LogP) is 1.30. The zero-order chi connectivity index (χ0) is 9.12. The third-order valence-electron chi connectivity index (χ3n) is 3.21. The molecule has 0 saturated heterocycles. The van der Waals surface area contributed by atoms with Crippen LogP contribution in [0.15, 0.2) is 30.6 Å². The van der Waals surface area contributed by atoms with Gasteiger partial charge in [0.1, 0.15) is 0 Å². The van der Waals surface area contributed by atoms with E-state index in [1.54, 1.807) is 0 Å². The molecule has 66 valence electrons. The average molecular weight is 181 g/mol. The predicted molar refractivity (Wildman–Crippen MR) is 51.8 cm³/mol. The molecule has 3 heterocycles. The molecule has 2 aromatic rings. The number of hydrogen-bond acceptors (Lipinski definition) is 1. The van der Waals surface area contributed by atoms with Crippen molar-refractivity contribution in [2.24, 2.45) is 0 Å². The van der Waals surface area contributed by atoms with Gasteiger partial charge in [-0.25, -0.2) is 0 Å². The maximum atomic E-state index is 4.45. The van der Waals surface area contributed by atoms with Crippen LogP contribution >= 0.6 is 0 Å². The molecule has 0 fully saturated rings. The van der Waals surface area contributed by atoms with Crippen molar-refractivity contribution in [3.05, 3.63) is 47.4 Å². The van der Waals surface area contributed by atoms with Gasteiger partial charge in [0.15, 0.2) is 12.7 Å². The minimum atomic E-state index is 1.01. The molecule has 0 radical (unpaired) electrons. The molecule has 0 bridgehead atoms. The third-order valence-corrected chi connectivity index (χ3v) is 3.21. The van der Waals surface area contributed by atoms with Crippen LogP contribution in [0, 0.1) is 0 Å². The van der Waals surface area contributed by atoms with E-state index in [0.29, 0.717) is 0 Å². The van der Waals surface area contributed by atoms with Crippen LogP contribution in [0.1, 0.15) is 16.8 Å². The van der Waals surface area contributed by atoms with E-state index in [9.17, 15) is 0 Å². The van der Waals surface area contributed by atoms with E-state index in [1.807, 2.05) is 6.20 Å². The molecule has 1 aliphatic carbocycles. The molecular formula is C12H9N2+. The summed E-state index contributed by atoms with van der Waals surface area (Å²) in [5, 5.41) is 0. The SMILES string of the molecule is c1cc2c3[n+](c1)Cc1ccnc(c1-3)C2. The van der Waals surface area contributed by atoms with Gasteiger partial charge in [-0.15, -0.1) is 0 Å². The number of nitrogens with zero attached hydrogens (tertiary/aromatic N) is 2. The topological polar surface area (TPSA) is 16.8 Å². The Morgan fingerprint density at radius 2 is 2.21 bits per heavy atom. The summed E-state index contributed by atoms with van der Waals surface area (Å²) in [5.74, 6) is 0.